The molecule has 45 heavy (non-hydrogen) atoms. The number of rotatable bonds is 7. The van der Waals surface area contributed by atoms with Gasteiger partial charge in [0.05, 0.1) is 36.8 Å². The van der Waals surface area contributed by atoms with Crippen LogP contribution in [0.1, 0.15) is 33.9 Å². The minimum absolute atomic E-state index is 0.0241. The van der Waals surface area contributed by atoms with Gasteiger partial charge < -0.3 is 19.2 Å². The third kappa shape index (κ3) is 4.44. The van der Waals surface area contributed by atoms with E-state index in [0.717, 1.165) is 27.5 Å². The predicted octanol–water partition coefficient (Wildman–Crippen LogP) is 6.02. The predicted molar refractivity (Wildman–Crippen MR) is 172 cm³/mol. The number of nitrogens with zero attached hydrogens (tertiary/aromatic N) is 1. The fraction of sp³-hybridized carbons (Fsp3) is 0.343. The zero-order chi connectivity index (χ0) is 31.0. The molecule has 2 aliphatic carbocycles. The van der Waals surface area contributed by atoms with Crippen molar-refractivity contribution in [1.82, 2.24) is 4.98 Å². The van der Waals surface area contributed by atoms with E-state index in [4.69, 9.17) is 14.2 Å². The number of H-pyrrole nitrogens is 1. The molecule has 7 atom stereocenters. The lowest BCUT2D eigenvalue weighted by Crippen LogP contribution is -2.42. The molecule has 10 heteroatoms. The molecule has 0 spiro atoms. The Bertz CT molecular complexity index is 1870. The summed E-state index contributed by atoms with van der Waals surface area (Å²) in [5.74, 6) is 1.05. The second-order valence-corrected chi connectivity index (χ2v) is 14.6. The molecule has 3 heterocycles. The van der Waals surface area contributed by atoms with E-state index < -0.39 is 0 Å². The number of fused-ring (bicyclic) bond motifs is 9. The largest absolute Gasteiger partial charge is 0.497 e. The van der Waals surface area contributed by atoms with Gasteiger partial charge in [-0.1, -0.05) is 47.2 Å². The van der Waals surface area contributed by atoms with Gasteiger partial charge in [-0.3, -0.25) is 19.3 Å². The van der Waals surface area contributed by atoms with Gasteiger partial charge in [-0.15, -0.1) is 11.8 Å². The lowest BCUT2D eigenvalue weighted by Gasteiger charge is -2.43. The number of hydrogen-bond donors (Lipinski definition) is 1. The van der Waals surface area contributed by atoms with E-state index in [1.807, 2.05) is 12.1 Å². The highest BCUT2D eigenvalue weighted by Crippen LogP contribution is 2.68. The van der Waals surface area contributed by atoms with Crippen molar-refractivity contribution in [3.63, 3.8) is 0 Å². The van der Waals surface area contributed by atoms with Gasteiger partial charge in [0.15, 0.2) is 11.5 Å². The Morgan fingerprint density at radius 1 is 0.867 bits per heavy atom. The molecule has 2 saturated carbocycles. The maximum Gasteiger partial charge on any atom is 0.305 e. The highest BCUT2D eigenvalue weighted by molar-refractivity contribution is 8.00. The van der Waals surface area contributed by atoms with Gasteiger partial charge in [-0.25, -0.2) is 0 Å². The van der Waals surface area contributed by atoms with Gasteiger partial charge in [0.1, 0.15) is 12.4 Å². The fourth-order valence-electron chi connectivity index (χ4n) is 8.22. The SMILES string of the molecule is COc1ccc(N2C(=O)C3C4CC(C3C2=O)C2C4Sc3[nH]c(=O)sc3[C@@H]2c2ccc(OCc3ccc(C)cc3)c(OC)c2)cc1. The Morgan fingerprint density at radius 2 is 1.60 bits per heavy atom. The van der Waals surface area contributed by atoms with Crippen LogP contribution in [0.5, 0.6) is 17.2 Å². The van der Waals surface area contributed by atoms with Gasteiger partial charge in [-0.2, -0.15) is 0 Å². The summed E-state index contributed by atoms with van der Waals surface area (Å²) in [5.41, 5.74) is 3.87. The number of anilines is 1. The first-order valence-electron chi connectivity index (χ1n) is 15.1. The van der Waals surface area contributed by atoms with Gasteiger partial charge in [-0.05, 0) is 78.6 Å². The third-order valence-electron chi connectivity index (χ3n) is 10.1. The highest BCUT2D eigenvalue weighted by Gasteiger charge is 2.69. The molecule has 0 radical (unpaired) electrons. The van der Waals surface area contributed by atoms with Gasteiger partial charge in [0, 0.05) is 16.0 Å². The van der Waals surface area contributed by atoms with E-state index in [2.05, 4.69) is 42.2 Å². The minimum Gasteiger partial charge on any atom is -0.497 e. The summed E-state index contributed by atoms with van der Waals surface area (Å²) in [6.07, 6.45) is 0.830. The number of aromatic amines is 1. The summed E-state index contributed by atoms with van der Waals surface area (Å²) in [6, 6.07) is 21.4. The van der Waals surface area contributed by atoms with Crippen molar-refractivity contribution in [2.75, 3.05) is 19.1 Å². The Kier molecular flexibility index (Phi) is 6.83. The minimum atomic E-state index is -0.370. The molecule has 1 saturated heterocycles. The van der Waals surface area contributed by atoms with Gasteiger partial charge >= 0.3 is 4.87 Å². The first-order chi connectivity index (χ1) is 21.9. The van der Waals surface area contributed by atoms with Gasteiger partial charge in [0.2, 0.25) is 11.8 Å². The maximum absolute atomic E-state index is 14.0. The zero-order valence-electron chi connectivity index (χ0n) is 25.0. The standard InChI is InChI=1S/C35H32N2O6S2/c1-17-4-6-18(7-5-17)16-43-24-13-8-19(14-25(24)42-3)26-27-22-15-23(30(27)44-32-31(26)45-35(40)36-32)29-28(22)33(38)37(34(29)39)20-9-11-21(41-2)12-10-20/h4-14,22-23,26-30H,15-16H2,1-3H3,(H,36,40)/t22?,23?,26-,27?,28?,29?,30?/m1/s1. The third-order valence-corrected chi connectivity index (χ3v) is 12.7. The molecule has 1 aromatic heterocycles. The first-order valence-corrected chi connectivity index (χ1v) is 16.8. The number of imide groups is 1. The van der Waals surface area contributed by atoms with Crippen LogP contribution in [0.25, 0.3) is 0 Å². The van der Waals surface area contributed by atoms with Crippen molar-refractivity contribution in [1.29, 1.82) is 0 Å². The molecule has 3 aromatic carbocycles. The average molecular weight is 641 g/mol. The van der Waals surface area contributed by atoms with Crippen molar-refractivity contribution in [3.05, 3.63) is 98.0 Å². The quantitative estimate of drug-likeness (QED) is 0.247. The summed E-state index contributed by atoms with van der Waals surface area (Å²) >= 11 is 2.93. The molecule has 8 nitrogen and oxygen atoms in total. The molecular formula is C35H32N2O6S2. The summed E-state index contributed by atoms with van der Waals surface area (Å²) < 4.78 is 17.3. The Labute approximate surface area is 268 Å². The fourth-order valence-corrected chi connectivity index (χ4v) is 11.1. The smallest absolute Gasteiger partial charge is 0.305 e. The molecular weight excluding hydrogens is 609 g/mol. The van der Waals surface area contributed by atoms with E-state index in [9.17, 15) is 14.4 Å². The van der Waals surface area contributed by atoms with E-state index in [0.29, 0.717) is 29.5 Å². The zero-order valence-corrected chi connectivity index (χ0v) is 26.7. The Morgan fingerprint density at radius 3 is 2.31 bits per heavy atom. The normalized spacial score (nSPS) is 27.7. The molecule has 1 N–H and O–H groups in total. The van der Waals surface area contributed by atoms with Crippen molar-refractivity contribution in [2.24, 2.45) is 29.6 Å². The molecule has 8 rings (SSSR count). The summed E-state index contributed by atoms with van der Waals surface area (Å²) in [7, 11) is 3.23. The molecule has 3 fully saturated rings. The highest BCUT2D eigenvalue weighted by atomic mass is 32.2. The van der Waals surface area contributed by atoms with E-state index in [1.54, 1.807) is 50.2 Å². The molecule has 230 valence electrons. The number of hydrogen-bond acceptors (Lipinski definition) is 8. The van der Waals surface area contributed by atoms with Crippen molar-refractivity contribution >= 4 is 40.6 Å². The van der Waals surface area contributed by atoms with Gasteiger partial charge in [0.25, 0.3) is 0 Å². The lowest BCUT2D eigenvalue weighted by molar-refractivity contribution is -0.123. The monoisotopic (exact) mass is 640 g/mol. The molecule has 4 aromatic rings. The molecule has 2 bridgehead atoms. The van der Waals surface area contributed by atoms with E-state index in [1.165, 1.54) is 21.8 Å². The number of amides is 2. The number of aromatic nitrogens is 1. The number of carbonyl (C=O) groups excluding carboxylic acids is 2. The maximum atomic E-state index is 14.0. The van der Waals surface area contributed by atoms with Crippen LogP contribution >= 0.6 is 23.1 Å². The van der Waals surface area contributed by atoms with Crippen LogP contribution in [0.2, 0.25) is 0 Å². The second kappa shape index (κ2) is 10.8. The van der Waals surface area contributed by atoms with Crippen molar-refractivity contribution < 1.29 is 23.8 Å². The topological polar surface area (TPSA) is 97.9 Å². The molecule has 2 aliphatic heterocycles. The summed E-state index contributed by atoms with van der Waals surface area (Å²) in [6.45, 7) is 2.47. The number of nitrogens with one attached hydrogen (secondary N) is 1. The van der Waals surface area contributed by atoms with Crippen LogP contribution in [0, 0.1) is 36.5 Å². The Hall–Kier alpha value is -4.02. The first kappa shape index (κ1) is 28.5. The van der Waals surface area contributed by atoms with Crippen LogP contribution in [-0.4, -0.2) is 36.3 Å². The van der Waals surface area contributed by atoms with Crippen LogP contribution in [-0.2, 0) is 16.2 Å². The van der Waals surface area contributed by atoms with Crippen molar-refractivity contribution in [3.8, 4) is 17.2 Å². The van der Waals surface area contributed by atoms with E-state index in [-0.39, 0.29) is 57.4 Å². The Balaban J connectivity index is 1.13. The second-order valence-electron chi connectivity index (χ2n) is 12.4. The van der Waals surface area contributed by atoms with Crippen LogP contribution < -0.4 is 24.0 Å². The number of aryl methyl sites for hydroxylation is 1. The molecule has 6 unspecified atom stereocenters. The number of carbonyl (C=O) groups is 2. The molecule has 4 aliphatic rings. The van der Waals surface area contributed by atoms with Crippen molar-refractivity contribution in [2.45, 2.75) is 36.1 Å². The number of benzene rings is 3. The van der Waals surface area contributed by atoms with Crippen LogP contribution in [0.3, 0.4) is 0 Å². The number of thiazole rings is 1. The lowest BCUT2D eigenvalue weighted by atomic mass is 9.68. The summed E-state index contributed by atoms with van der Waals surface area (Å²) in [5, 5.41) is 0.984. The number of thioether (sulfide) groups is 1. The summed E-state index contributed by atoms with van der Waals surface area (Å²) in [4.78, 5) is 46.0. The average Bonchev–Trinajstić information content (AvgIpc) is 3.79. The molecule has 2 amide bonds. The van der Waals surface area contributed by atoms with Crippen LogP contribution in [0.4, 0.5) is 5.69 Å². The van der Waals surface area contributed by atoms with E-state index >= 15 is 0 Å². The van der Waals surface area contributed by atoms with Crippen LogP contribution in [0.15, 0.2) is 76.6 Å². The number of methoxy groups -OCH3 is 2. The number of ether oxygens (including phenoxy) is 3.